The Balaban J connectivity index is 2.87. The fourth-order valence-corrected chi connectivity index (χ4v) is 1.36. The number of rotatable bonds is 5. The SMILES string of the molecule is CC(C(=O)O)c1ccccc1NCC(F)F. The second-order valence-corrected chi connectivity index (χ2v) is 3.42. The molecular weight excluding hydrogens is 216 g/mol. The second kappa shape index (κ2) is 5.44. The lowest BCUT2D eigenvalue weighted by Gasteiger charge is -2.14. The predicted octanol–water partition coefficient (Wildman–Crippen LogP) is 2.55. The number of carboxylic acid groups (broad SMARTS) is 1. The zero-order valence-electron chi connectivity index (χ0n) is 8.78. The van der Waals surface area contributed by atoms with Gasteiger partial charge in [-0.15, -0.1) is 0 Å². The highest BCUT2D eigenvalue weighted by atomic mass is 19.3. The Morgan fingerprint density at radius 3 is 2.62 bits per heavy atom. The normalized spacial score (nSPS) is 12.5. The van der Waals surface area contributed by atoms with E-state index in [4.69, 9.17) is 5.11 Å². The number of halogens is 2. The maximum absolute atomic E-state index is 12.0. The average Bonchev–Trinajstić information content (AvgIpc) is 2.25. The first-order valence-corrected chi connectivity index (χ1v) is 4.86. The van der Waals surface area contributed by atoms with E-state index in [0.29, 0.717) is 11.3 Å². The first kappa shape index (κ1) is 12.4. The molecule has 0 saturated heterocycles. The van der Waals surface area contributed by atoms with Gasteiger partial charge in [0.05, 0.1) is 12.5 Å². The van der Waals surface area contributed by atoms with Gasteiger partial charge in [-0.2, -0.15) is 0 Å². The molecule has 1 atom stereocenters. The van der Waals surface area contributed by atoms with Gasteiger partial charge in [0.25, 0.3) is 6.43 Å². The molecule has 1 unspecified atom stereocenters. The Hall–Kier alpha value is -1.65. The molecule has 1 aromatic carbocycles. The summed E-state index contributed by atoms with van der Waals surface area (Å²) in [6.07, 6.45) is -2.46. The molecule has 0 aliphatic rings. The summed E-state index contributed by atoms with van der Waals surface area (Å²) in [5.74, 6) is -1.70. The highest BCUT2D eigenvalue weighted by Crippen LogP contribution is 2.24. The van der Waals surface area contributed by atoms with Crippen molar-refractivity contribution in [3.63, 3.8) is 0 Å². The molecule has 5 heteroatoms. The van der Waals surface area contributed by atoms with Crippen molar-refractivity contribution in [3.05, 3.63) is 29.8 Å². The third-order valence-corrected chi connectivity index (χ3v) is 2.24. The molecule has 0 bridgehead atoms. The Morgan fingerprint density at radius 1 is 1.44 bits per heavy atom. The average molecular weight is 229 g/mol. The van der Waals surface area contributed by atoms with Crippen LogP contribution in [-0.2, 0) is 4.79 Å². The first-order chi connectivity index (χ1) is 7.52. The number of carbonyl (C=O) groups is 1. The third-order valence-electron chi connectivity index (χ3n) is 2.24. The molecular formula is C11H13F2NO2. The molecule has 0 aromatic heterocycles. The molecule has 0 radical (unpaired) electrons. The smallest absolute Gasteiger partial charge is 0.310 e. The minimum Gasteiger partial charge on any atom is -0.481 e. The molecule has 0 heterocycles. The van der Waals surface area contributed by atoms with Crippen LogP contribution in [0.4, 0.5) is 14.5 Å². The maximum Gasteiger partial charge on any atom is 0.310 e. The fourth-order valence-electron chi connectivity index (χ4n) is 1.36. The van der Waals surface area contributed by atoms with Crippen LogP contribution in [0.25, 0.3) is 0 Å². The molecule has 3 nitrogen and oxygen atoms in total. The molecule has 0 spiro atoms. The first-order valence-electron chi connectivity index (χ1n) is 4.86. The molecule has 1 rings (SSSR count). The van der Waals surface area contributed by atoms with Crippen LogP contribution < -0.4 is 5.32 Å². The van der Waals surface area contributed by atoms with E-state index < -0.39 is 24.9 Å². The quantitative estimate of drug-likeness (QED) is 0.815. The van der Waals surface area contributed by atoms with Crippen molar-refractivity contribution in [2.75, 3.05) is 11.9 Å². The minimum absolute atomic E-state index is 0.442. The van der Waals surface area contributed by atoms with E-state index in [-0.39, 0.29) is 0 Å². The van der Waals surface area contributed by atoms with Gasteiger partial charge in [-0.05, 0) is 18.6 Å². The van der Waals surface area contributed by atoms with Crippen molar-refractivity contribution in [2.45, 2.75) is 19.3 Å². The monoisotopic (exact) mass is 229 g/mol. The van der Waals surface area contributed by atoms with Gasteiger partial charge >= 0.3 is 5.97 Å². The lowest BCUT2D eigenvalue weighted by molar-refractivity contribution is -0.138. The molecule has 0 fully saturated rings. The summed E-state index contributed by atoms with van der Waals surface area (Å²) in [4.78, 5) is 10.8. The second-order valence-electron chi connectivity index (χ2n) is 3.42. The predicted molar refractivity (Wildman–Crippen MR) is 57.0 cm³/mol. The lowest BCUT2D eigenvalue weighted by atomic mass is 9.99. The standard InChI is InChI=1S/C11H13F2NO2/c1-7(11(15)16)8-4-2-3-5-9(8)14-6-10(12)13/h2-5,7,10,14H,6H2,1H3,(H,15,16). The number of alkyl halides is 2. The van der Waals surface area contributed by atoms with Gasteiger partial charge in [0.2, 0.25) is 0 Å². The summed E-state index contributed by atoms with van der Waals surface area (Å²) >= 11 is 0. The summed E-state index contributed by atoms with van der Waals surface area (Å²) in [6.45, 7) is 1.04. The summed E-state index contributed by atoms with van der Waals surface area (Å²) in [5, 5.41) is 11.4. The zero-order valence-corrected chi connectivity index (χ0v) is 8.78. The summed E-state index contributed by atoms with van der Waals surface area (Å²) < 4.78 is 24.1. The van der Waals surface area contributed by atoms with Gasteiger partial charge in [-0.1, -0.05) is 18.2 Å². The number of hydrogen-bond donors (Lipinski definition) is 2. The van der Waals surface area contributed by atoms with E-state index in [1.807, 2.05) is 0 Å². The maximum atomic E-state index is 12.0. The number of para-hydroxylation sites is 1. The minimum atomic E-state index is -2.46. The number of benzene rings is 1. The molecule has 0 saturated carbocycles. The summed E-state index contributed by atoms with van der Waals surface area (Å²) in [6, 6.07) is 6.57. The molecule has 2 N–H and O–H groups in total. The third kappa shape index (κ3) is 3.18. The number of carboxylic acids is 1. The van der Waals surface area contributed by atoms with Crippen LogP contribution in [0.1, 0.15) is 18.4 Å². The van der Waals surface area contributed by atoms with Crippen LogP contribution in [-0.4, -0.2) is 24.0 Å². The van der Waals surface area contributed by atoms with Gasteiger partial charge in [0.15, 0.2) is 0 Å². The highest BCUT2D eigenvalue weighted by molar-refractivity contribution is 5.78. The molecule has 16 heavy (non-hydrogen) atoms. The molecule has 0 aliphatic heterocycles. The van der Waals surface area contributed by atoms with E-state index in [2.05, 4.69) is 5.32 Å². The van der Waals surface area contributed by atoms with Crippen molar-refractivity contribution in [3.8, 4) is 0 Å². The van der Waals surface area contributed by atoms with Crippen LogP contribution >= 0.6 is 0 Å². The van der Waals surface area contributed by atoms with Crippen LogP contribution in [0.2, 0.25) is 0 Å². The van der Waals surface area contributed by atoms with Crippen molar-refractivity contribution >= 4 is 11.7 Å². The van der Waals surface area contributed by atoms with Gasteiger partial charge in [0, 0.05) is 5.69 Å². The number of aliphatic carboxylic acids is 1. The number of nitrogens with one attached hydrogen (secondary N) is 1. The molecule has 1 aromatic rings. The zero-order chi connectivity index (χ0) is 12.1. The van der Waals surface area contributed by atoms with Crippen LogP contribution in [0, 0.1) is 0 Å². The Bertz CT molecular complexity index is 369. The van der Waals surface area contributed by atoms with Crippen molar-refractivity contribution < 1.29 is 18.7 Å². The summed E-state index contributed by atoms with van der Waals surface area (Å²) in [5.41, 5.74) is 0.952. The van der Waals surface area contributed by atoms with Gasteiger partial charge in [-0.25, -0.2) is 8.78 Å². The van der Waals surface area contributed by atoms with E-state index in [1.54, 1.807) is 24.3 Å². The van der Waals surface area contributed by atoms with Gasteiger partial charge in [0.1, 0.15) is 0 Å². The van der Waals surface area contributed by atoms with Crippen LogP contribution in [0.5, 0.6) is 0 Å². The fraction of sp³-hybridized carbons (Fsp3) is 0.364. The lowest BCUT2D eigenvalue weighted by Crippen LogP contribution is -2.14. The Labute approximate surface area is 92.1 Å². The van der Waals surface area contributed by atoms with E-state index in [9.17, 15) is 13.6 Å². The number of hydrogen-bond acceptors (Lipinski definition) is 2. The van der Waals surface area contributed by atoms with Crippen LogP contribution in [0.3, 0.4) is 0 Å². The Morgan fingerprint density at radius 2 is 2.06 bits per heavy atom. The molecule has 0 amide bonds. The summed E-state index contributed by atoms with van der Waals surface area (Å²) in [7, 11) is 0. The van der Waals surface area contributed by atoms with E-state index in [0.717, 1.165) is 0 Å². The van der Waals surface area contributed by atoms with Crippen molar-refractivity contribution in [1.29, 1.82) is 0 Å². The van der Waals surface area contributed by atoms with E-state index in [1.165, 1.54) is 6.92 Å². The number of anilines is 1. The molecule has 0 aliphatic carbocycles. The van der Waals surface area contributed by atoms with Gasteiger partial charge < -0.3 is 10.4 Å². The Kier molecular flexibility index (Phi) is 4.22. The van der Waals surface area contributed by atoms with Crippen molar-refractivity contribution in [1.82, 2.24) is 0 Å². The van der Waals surface area contributed by atoms with E-state index >= 15 is 0 Å². The van der Waals surface area contributed by atoms with Gasteiger partial charge in [-0.3, -0.25) is 4.79 Å². The topological polar surface area (TPSA) is 49.3 Å². The largest absolute Gasteiger partial charge is 0.481 e. The highest BCUT2D eigenvalue weighted by Gasteiger charge is 2.17. The molecule has 88 valence electrons. The van der Waals surface area contributed by atoms with Crippen LogP contribution in [0.15, 0.2) is 24.3 Å². The van der Waals surface area contributed by atoms with Crippen molar-refractivity contribution in [2.24, 2.45) is 0 Å².